The van der Waals surface area contributed by atoms with Crippen LogP contribution >= 0.6 is 15.9 Å². The molecule has 0 aliphatic carbocycles. The second-order valence-corrected chi connectivity index (χ2v) is 5.05. The van der Waals surface area contributed by atoms with Crippen molar-refractivity contribution in [3.8, 4) is 0 Å². The van der Waals surface area contributed by atoms with Gasteiger partial charge in [-0.05, 0) is 35.4 Å². The zero-order valence-electron chi connectivity index (χ0n) is 8.99. The summed E-state index contributed by atoms with van der Waals surface area (Å²) >= 11 is 3.41. The van der Waals surface area contributed by atoms with E-state index in [1.165, 1.54) is 12.1 Å². The average molecular weight is 293 g/mol. The number of hydrogen-bond acceptors (Lipinski definition) is 1. The second kappa shape index (κ2) is 3.93. The van der Waals surface area contributed by atoms with Crippen molar-refractivity contribution < 1.29 is 9.13 Å². The third-order valence-corrected chi connectivity index (χ3v) is 3.58. The van der Waals surface area contributed by atoms with Crippen LogP contribution in [0.1, 0.15) is 11.1 Å². The summed E-state index contributed by atoms with van der Waals surface area (Å²) in [7, 11) is 0. The molecule has 17 heavy (non-hydrogen) atoms. The van der Waals surface area contributed by atoms with Crippen LogP contribution in [0.5, 0.6) is 0 Å². The third kappa shape index (κ3) is 1.90. The summed E-state index contributed by atoms with van der Waals surface area (Å²) in [6.45, 7) is 0.653. The molecule has 1 atom stereocenters. The molecule has 0 saturated carbocycles. The van der Waals surface area contributed by atoms with Gasteiger partial charge in [0, 0.05) is 4.47 Å². The molecule has 0 amide bonds. The Kier molecular flexibility index (Phi) is 2.53. The van der Waals surface area contributed by atoms with Crippen molar-refractivity contribution in [3.05, 3.63) is 69.9 Å². The highest BCUT2D eigenvalue weighted by atomic mass is 79.9. The molecule has 1 heterocycles. The Balaban J connectivity index is 2.01. The van der Waals surface area contributed by atoms with E-state index in [-0.39, 0.29) is 11.4 Å². The van der Waals surface area contributed by atoms with Crippen LogP contribution < -0.4 is 0 Å². The van der Waals surface area contributed by atoms with E-state index >= 15 is 0 Å². The number of rotatable bonds is 2. The van der Waals surface area contributed by atoms with Crippen molar-refractivity contribution in [2.45, 2.75) is 5.60 Å². The van der Waals surface area contributed by atoms with E-state index in [9.17, 15) is 4.39 Å². The Morgan fingerprint density at radius 2 is 1.41 bits per heavy atom. The minimum Gasteiger partial charge on any atom is -0.359 e. The first kappa shape index (κ1) is 10.9. The van der Waals surface area contributed by atoms with E-state index in [2.05, 4.69) is 15.9 Å². The molecule has 1 saturated heterocycles. The second-order valence-electron chi connectivity index (χ2n) is 4.13. The highest BCUT2D eigenvalue weighted by Gasteiger charge is 2.48. The van der Waals surface area contributed by atoms with Crippen molar-refractivity contribution in [2.24, 2.45) is 0 Å². The maximum absolute atomic E-state index is 12.9. The van der Waals surface area contributed by atoms with Crippen LogP contribution in [0.3, 0.4) is 0 Å². The fourth-order valence-electron chi connectivity index (χ4n) is 2.01. The van der Waals surface area contributed by atoms with Crippen molar-refractivity contribution >= 4 is 15.9 Å². The quantitative estimate of drug-likeness (QED) is 0.766. The summed E-state index contributed by atoms with van der Waals surface area (Å²) < 4.78 is 19.6. The normalized spacial score (nSPS) is 22.5. The number of hydrogen-bond donors (Lipinski definition) is 0. The molecule has 1 fully saturated rings. The maximum Gasteiger partial charge on any atom is 0.142 e. The molecule has 2 aromatic rings. The van der Waals surface area contributed by atoms with Crippen molar-refractivity contribution in [2.75, 3.05) is 6.61 Å². The molecule has 0 radical (unpaired) electrons. The lowest BCUT2D eigenvalue weighted by atomic mass is 9.92. The van der Waals surface area contributed by atoms with E-state index in [1.807, 2.05) is 24.3 Å². The first-order valence-corrected chi connectivity index (χ1v) is 6.16. The lowest BCUT2D eigenvalue weighted by molar-refractivity contribution is 0.349. The topological polar surface area (TPSA) is 12.5 Å². The predicted octanol–water partition coefficient (Wildman–Crippen LogP) is 3.86. The van der Waals surface area contributed by atoms with Crippen LogP contribution in [-0.2, 0) is 10.3 Å². The number of ether oxygens (including phenoxy) is 1. The number of epoxide rings is 1. The zero-order valence-corrected chi connectivity index (χ0v) is 10.6. The van der Waals surface area contributed by atoms with Crippen LogP contribution in [0, 0.1) is 5.82 Å². The van der Waals surface area contributed by atoms with Crippen molar-refractivity contribution in [1.82, 2.24) is 0 Å². The smallest absolute Gasteiger partial charge is 0.142 e. The average Bonchev–Trinajstić information content (AvgIpc) is 3.12. The zero-order chi connectivity index (χ0) is 11.9. The van der Waals surface area contributed by atoms with Gasteiger partial charge in [-0.3, -0.25) is 0 Å². The summed E-state index contributed by atoms with van der Waals surface area (Å²) in [6.07, 6.45) is 0. The molecule has 0 aromatic heterocycles. The largest absolute Gasteiger partial charge is 0.359 e. The lowest BCUT2D eigenvalue weighted by Crippen LogP contribution is -2.10. The highest BCUT2D eigenvalue weighted by molar-refractivity contribution is 9.10. The van der Waals surface area contributed by atoms with Crippen molar-refractivity contribution in [3.63, 3.8) is 0 Å². The molecule has 0 bridgehead atoms. The summed E-state index contributed by atoms with van der Waals surface area (Å²) in [5, 5.41) is 0. The minimum atomic E-state index is -0.367. The SMILES string of the molecule is Fc1ccc(C2(c3ccc(Br)cc3)CO2)cc1. The van der Waals surface area contributed by atoms with Gasteiger partial charge in [-0.15, -0.1) is 0 Å². The van der Waals surface area contributed by atoms with E-state index in [0.29, 0.717) is 6.61 Å². The highest BCUT2D eigenvalue weighted by Crippen LogP contribution is 2.45. The Hall–Kier alpha value is -1.19. The third-order valence-electron chi connectivity index (χ3n) is 3.05. The Morgan fingerprint density at radius 1 is 0.941 bits per heavy atom. The fraction of sp³-hybridized carbons (Fsp3) is 0.143. The molecule has 0 N–H and O–H groups in total. The van der Waals surface area contributed by atoms with E-state index in [1.54, 1.807) is 12.1 Å². The van der Waals surface area contributed by atoms with Crippen molar-refractivity contribution in [1.29, 1.82) is 0 Å². The van der Waals surface area contributed by atoms with Gasteiger partial charge in [0.15, 0.2) is 0 Å². The summed E-state index contributed by atoms with van der Waals surface area (Å²) in [5.74, 6) is -0.222. The van der Waals surface area contributed by atoms with E-state index in [0.717, 1.165) is 15.6 Å². The van der Waals surface area contributed by atoms with Gasteiger partial charge in [0.05, 0.1) is 6.61 Å². The van der Waals surface area contributed by atoms with Gasteiger partial charge in [-0.1, -0.05) is 40.2 Å². The first-order chi connectivity index (χ1) is 8.21. The molecule has 3 heteroatoms. The van der Waals surface area contributed by atoms with Crippen LogP contribution in [0.25, 0.3) is 0 Å². The molecule has 1 nitrogen and oxygen atoms in total. The van der Waals surface area contributed by atoms with Gasteiger partial charge < -0.3 is 4.74 Å². The molecule has 1 aliphatic rings. The lowest BCUT2D eigenvalue weighted by Gasteiger charge is -2.12. The van der Waals surface area contributed by atoms with Crippen LogP contribution in [0.4, 0.5) is 4.39 Å². The van der Waals surface area contributed by atoms with E-state index in [4.69, 9.17) is 4.74 Å². The minimum absolute atomic E-state index is 0.222. The summed E-state index contributed by atoms with van der Waals surface area (Å²) in [4.78, 5) is 0. The number of halogens is 2. The Labute approximate surface area is 107 Å². The number of benzene rings is 2. The molecular formula is C14H10BrFO. The molecular weight excluding hydrogens is 283 g/mol. The Bertz CT molecular complexity index is 482. The summed E-state index contributed by atoms with van der Waals surface area (Å²) in [5.41, 5.74) is 1.74. The van der Waals surface area contributed by atoms with E-state index < -0.39 is 0 Å². The van der Waals surface area contributed by atoms with Crippen LogP contribution in [0.2, 0.25) is 0 Å². The van der Waals surface area contributed by atoms with Gasteiger partial charge in [0.1, 0.15) is 11.4 Å². The predicted molar refractivity (Wildman–Crippen MR) is 67.3 cm³/mol. The fourth-order valence-corrected chi connectivity index (χ4v) is 2.27. The molecule has 0 spiro atoms. The van der Waals surface area contributed by atoms with Gasteiger partial charge in [-0.2, -0.15) is 0 Å². The molecule has 3 rings (SSSR count). The summed E-state index contributed by atoms with van der Waals surface area (Å²) in [6, 6.07) is 14.5. The van der Waals surface area contributed by atoms with Gasteiger partial charge in [0.25, 0.3) is 0 Å². The monoisotopic (exact) mass is 292 g/mol. The van der Waals surface area contributed by atoms with Gasteiger partial charge in [-0.25, -0.2) is 4.39 Å². The standard InChI is InChI=1S/C14H10BrFO/c15-12-5-1-10(2-6-12)14(9-17-14)11-3-7-13(16)8-4-11/h1-8H,9H2. The molecule has 1 aliphatic heterocycles. The Morgan fingerprint density at radius 3 is 1.88 bits per heavy atom. The molecule has 1 unspecified atom stereocenters. The molecule has 86 valence electrons. The molecule has 2 aromatic carbocycles. The van der Waals surface area contributed by atoms with Crippen LogP contribution in [-0.4, -0.2) is 6.61 Å². The van der Waals surface area contributed by atoms with Gasteiger partial charge in [0.2, 0.25) is 0 Å². The van der Waals surface area contributed by atoms with Gasteiger partial charge >= 0.3 is 0 Å². The first-order valence-electron chi connectivity index (χ1n) is 5.37. The van der Waals surface area contributed by atoms with Crippen LogP contribution in [0.15, 0.2) is 53.0 Å². The maximum atomic E-state index is 12.9.